The Bertz CT molecular complexity index is 237. The summed E-state index contributed by atoms with van der Waals surface area (Å²) in [5.41, 5.74) is -1.57. The highest BCUT2D eigenvalue weighted by Gasteiger charge is 2.44. The summed E-state index contributed by atoms with van der Waals surface area (Å²) in [5.74, 6) is -0.979. The first-order chi connectivity index (χ1) is 6.05. The zero-order chi connectivity index (χ0) is 10.1. The first kappa shape index (κ1) is 9.94. The summed E-state index contributed by atoms with van der Waals surface area (Å²) < 4.78 is 0. The number of rotatable bonds is 2. The van der Waals surface area contributed by atoms with E-state index in [2.05, 4.69) is 10.6 Å². The molecule has 0 aliphatic carbocycles. The molecule has 4 N–H and O–H groups in total. The number of piperazine rings is 1. The fourth-order valence-electron chi connectivity index (χ4n) is 1.07. The van der Waals surface area contributed by atoms with Gasteiger partial charge in [0.1, 0.15) is 6.04 Å². The quantitative estimate of drug-likeness (QED) is 0.380. The van der Waals surface area contributed by atoms with Crippen LogP contribution >= 0.6 is 0 Å². The van der Waals surface area contributed by atoms with E-state index in [4.69, 9.17) is 10.2 Å². The zero-order valence-electron chi connectivity index (χ0n) is 7.20. The van der Waals surface area contributed by atoms with Crippen molar-refractivity contribution in [3.05, 3.63) is 0 Å². The van der Waals surface area contributed by atoms with Gasteiger partial charge in [0.05, 0.1) is 13.2 Å². The first-order valence-electron chi connectivity index (χ1n) is 3.90. The van der Waals surface area contributed by atoms with E-state index in [0.717, 1.165) is 0 Å². The van der Waals surface area contributed by atoms with Crippen molar-refractivity contribution in [2.24, 2.45) is 0 Å². The standard InChI is InChI=1S/C7H12N2O4/c1-4-5(12)9-7(2-10,3-11)6(13)8-4/h4,10-11H,2-3H2,1H3,(H,8,13)(H,9,12). The minimum absolute atomic E-state index is 0.414. The topological polar surface area (TPSA) is 98.7 Å². The number of carbonyl (C=O) groups is 2. The normalized spacial score (nSPS) is 26.5. The highest BCUT2D eigenvalue weighted by molar-refractivity contribution is 5.99. The predicted octanol–water partition coefficient (Wildman–Crippen LogP) is -2.66. The Balaban J connectivity index is 2.87. The van der Waals surface area contributed by atoms with Crippen molar-refractivity contribution in [2.45, 2.75) is 18.5 Å². The third-order valence-electron chi connectivity index (χ3n) is 2.08. The highest BCUT2D eigenvalue weighted by atomic mass is 16.3. The number of amides is 2. The Hall–Kier alpha value is -1.14. The summed E-state index contributed by atoms with van der Waals surface area (Å²) in [7, 11) is 0. The van der Waals surface area contributed by atoms with Crippen molar-refractivity contribution in [3.8, 4) is 0 Å². The largest absolute Gasteiger partial charge is 0.393 e. The van der Waals surface area contributed by atoms with Gasteiger partial charge in [-0.05, 0) is 6.92 Å². The molecule has 1 heterocycles. The van der Waals surface area contributed by atoms with E-state index in [9.17, 15) is 9.59 Å². The summed E-state index contributed by atoms with van der Waals surface area (Å²) in [6.45, 7) is 0.285. The maximum atomic E-state index is 11.3. The lowest BCUT2D eigenvalue weighted by molar-refractivity contribution is -0.145. The molecule has 0 radical (unpaired) electrons. The smallest absolute Gasteiger partial charge is 0.251 e. The third-order valence-corrected chi connectivity index (χ3v) is 2.08. The van der Waals surface area contributed by atoms with Gasteiger partial charge < -0.3 is 20.8 Å². The monoisotopic (exact) mass is 188 g/mol. The minimum Gasteiger partial charge on any atom is -0.393 e. The third kappa shape index (κ3) is 1.50. The van der Waals surface area contributed by atoms with Crippen LogP contribution < -0.4 is 10.6 Å². The molecule has 74 valence electrons. The molecule has 0 aromatic rings. The van der Waals surface area contributed by atoms with E-state index in [1.165, 1.54) is 6.92 Å². The van der Waals surface area contributed by atoms with Crippen molar-refractivity contribution in [1.82, 2.24) is 10.6 Å². The fraction of sp³-hybridized carbons (Fsp3) is 0.714. The van der Waals surface area contributed by atoms with Crippen LogP contribution in [-0.2, 0) is 9.59 Å². The van der Waals surface area contributed by atoms with E-state index < -0.39 is 36.6 Å². The van der Waals surface area contributed by atoms with Crippen molar-refractivity contribution < 1.29 is 19.8 Å². The molecule has 0 spiro atoms. The maximum Gasteiger partial charge on any atom is 0.251 e. The summed E-state index contributed by atoms with van der Waals surface area (Å²) in [6.07, 6.45) is 0. The summed E-state index contributed by atoms with van der Waals surface area (Å²) in [5, 5.41) is 22.4. The van der Waals surface area contributed by atoms with E-state index in [-0.39, 0.29) is 0 Å². The van der Waals surface area contributed by atoms with Gasteiger partial charge in [-0.2, -0.15) is 0 Å². The van der Waals surface area contributed by atoms with Gasteiger partial charge in [0.2, 0.25) is 5.91 Å². The lowest BCUT2D eigenvalue weighted by atomic mass is 9.96. The molecular formula is C7H12N2O4. The van der Waals surface area contributed by atoms with Gasteiger partial charge in [-0.15, -0.1) is 0 Å². The molecular weight excluding hydrogens is 176 g/mol. The van der Waals surface area contributed by atoms with Gasteiger partial charge in [-0.3, -0.25) is 9.59 Å². The SMILES string of the molecule is CC1NC(=O)C(CO)(CO)NC1=O. The van der Waals surface area contributed by atoms with Crippen LogP contribution in [0.1, 0.15) is 6.92 Å². The Kier molecular flexibility index (Phi) is 2.53. The van der Waals surface area contributed by atoms with Gasteiger partial charge in [0, 0.05) is 0 Å². The van der Waals surface area contributed by atoms with Gasteiger partial charge in [-0.1, -0.05) is 0 Å². The molecule has 6 nitrogen and oxygen atoms in total. The molecule has 0 bridgehead atoms. The molecule has 0 aromatic heterocycles. The van der Waals surface area contributed by atoms with Crippen LogP contribution in [0.4, 0.5) is 0 Å². The first-order valence-corrected chi connectivity index (χ1v) is 3.90. The number of carbonyl (C=O) groups excluding carboxylic acids is 2. The summed E-state index contributed by atoms with van der Waals surface area (Å²) in [6, 6.07) is -0.626. The molecule has 1 aliphatic heterocycles. The molecule has 1 fully saturated rings. The Morgan fingerprint density at radius 3 is 2.38 bits per heavy atom. The van der Waals surface area contributed by atoms with Crippen LogP contribution in [0.3, 0.4) is 0 Å². The van der Waals surface area contributed by atoms with E-state index in [1.807, 2.05) is 0 Å². The van der Waals surface area contributed by atoms with Crippen LogP contribution in [0.15, 0.2) is 0 Å². The number of hydrogen-bond donors (Lipinski definition) is 4. The second-order valence-electron chi connectivity index (χ2n) is 3.08. The van der Waals surface area contributed by atoms with Crippen LogP contribution in [0.5, 0.6) is 0 Å². The van der Waals surface area contributed by atoms with E-state index in [1.54, 1.807) is 0 Å². The van der Waals surface area contributed by atoms with E-state index >= 15 is 0 Å². The minimum atomic E-state index is -1.57. The van der Waals surface area contributed by atoms with Crippen LogP contribution in [0.2, 0.25) is 0 Å². The molecule has 1 atom stereocenters. The number of aliphatic hydroxyl groups is 2. The zero-order valence-corrected chi connectivity index (χ0v) is 7.20. The lowest BCUT2D eigenvalue weighted by Crippen LogP contribution is -2.71. The highest BCUT2D eigenvalue weighted by Crippen LogP contribution is 2.09. The Morgan fingerprint density at radius 1 is 1.38 bits per heavy atom. The lowest BCUT2D eigenvalue weighted by Gasteiger charge is -2.36. The van der Waals surface area contributed by atoms with Crippen LogP contribution in [0, 0.1) is 0 Å². The molecule has 0 saturated carbocycles. The molecule has 6 heteroatoms. The van der Waals surface area contributed by atoms with Gasteiger partial charge in [0.15, 0.2) is 5.54 Å². The van der Waals surface area contributed by atoms with Gasteiger partial charge >= 0.3 is 0 Å². The van der Waals surface area contributed by atoms with Crippen LogP contribution in [0.25, 0.3) is 0 Å². The average molecular weight is 188 g/mol. The average Bonchev–Trinajstić information content (AvgIpc) is 2.12. The van der Waals surface area contributed by atoms with E-state index in [0.29, 0.717) is 0 Å². The molecule has 1 rings (SSSR count). The Morgan fingerprint density at radius 2 is 1.92 bits per heavy atom. The molecule has 1 unspecified atom stereocenters. The van der Waals surface area contributed by atoms with Crippen molar-refractivity contribution >= 4 is 11.8 Å². The molecule has 2 amide bonds. The fourth-order valence-corrected chi connectivity index (χ4v) is 1.07. The second-order valence-corrected chi connectivity index (χ2v) is 3.08. The second kappa shape index (κ2) is 3.31. The number of nitrogens with one attached hydrogen (secondary N) is 2. The van der Waals surface area contributed by atoms with Gasteiger partial charge in [0.25, 0.3) is 5.91 Å². The van der Waals surface area contributed by atoms with Crippen molar-refractivity contribution in [1.29, 1.82) is 0 Å². The number of aliphatic hydroxyl groups excluding tert-OH is 2. The van der Waals surface area contributed by atoms with Crippen molar-refractivity contribution in [2.75, 3.05) is 13.2 Å². The molecule has 1 aliphatic rings. The molecule has 1 saturated heterocycles. The summed E-state index contributed by atoms with van der Waals surface area (Å²) in [4.78, 5) is 22.4. The predicted molar refractivity (Wildman–Crippen MR) is 42.7 cm³/mol. The van der Waals surface area contributed by atoms with Gasteiger partial charge in [-0.25, -0.2) is 0 Å². The van der Waals surface area contributed by atoms with Crippen molar-refractivity contribution in [3.63, 3.8) is 0 Å². The molecule has 13 heavy (non-hydrogen) atoms. The maximum absolute atomic E-state index is 11.3. The Labute approximate surface area is 74.9 Å². The molecule has 0 aromatic carbocycles. The van der Waals surface area contributed by atoms with Crippen LogP contribution in [-0.4, -0.2) is 46.8 Å². The summed E-state index contributed by atoms with van der Waals surface area (Å²) >= 11 is 0. The number of hydrogen-bond acceptors (Lipinski definition) is 4.